The molecule has 0 aliphatic carbocycles. The third kappa shape index (κ3) is 4.28. The fraction of sp³-hybridized carbons (Fsp3) is 0.500. The molecule has 1 saturated heterocycles. The van der Waals surface area contributed by atoms with Crippen molar-refractivity contribution in [3.63, 3.8) is 0 Å². The molecule has 29 heavy (non-hydrogen) atoms. The van der Waals surface area contributed by atoms with E-state index in [0.29, 0.717) is 25.9 Å². The smallest absolute Gasteiger partial charge is 0.222 e. The van der Waals surface area contributed by atoms with Crippen LogP contribution in [0.4, 0.5) is 0 Å². The lowest BCUT2D eigenvalue weighted by molar-refractivity contribution is -0.133. The van der Waals surface area contributed by atoms with Gasteiger partial charge in [-0.2, -0.15) is 5.10 Å². The SMILES string of the molecule is COc1ccc(-n2ncc3c2CCCN(C(=O)CCCN2CCCC2=O)C3)cc1. The zero-order chi connectivity index (χ0) is 20.2. The molecule has 2 aromatic rings. The lowest BCUT2D eigenvalue weighted by atomic mass is 10.2. The van der Waals surface area contributed by atoms with Crippen molar-refractivity contribution in [2.75, 3.05) is 26.7 Å². The van der Waals surface area contributed by atoms with Crippen molar-refractivity contribution >= 4 is 11.8 Å². The fourth-order valence-electron chi connectivity index (χ4n) is 4.21. The molecule has 7 heteroatoms. The molecule has 0 spiro atoms. The van der Waals surface area contributed by atoms with Crippen LogP contribution in [0, 0.1) is 0 Å². The Hall–Kier alpha value is -2.83. The van der Waals surface area contributed by atoms with Crippen molar-refractivity contribution < 1.29 is 14.3 Å². The summed E-state index contributed by atoms with van der Waals surface area (Å²) in [5.74, 6) is 1.21. The second kappa shape index (κ2) is 8.68. The molecule has 0 atom stereocenters. The lowest BCUT2D eigenvalue weighted by Crippen LogP contribution is -2.32. The normalized spacial score (nSPS) is 16.7. The third-order valence-electron chi connectivity index (χ3n) is 5.82. The maximum Gasteiger partial charge on any atom is 0.222 e. The first kappa shape index (κ1) is 19.5. The van der Waals surface area contributed by atoms with Crippen molar-refractivity contribution in [1.82, 2.24) is 19.6 Å². The number of benzene rings is 1. The molecule has 4 rings (SSSR count). The first-order chi connectivity index (χ1) is 14.2. The Kier molecular flexibility index (Phi) is 5.83. The number of hydrogen-bond acceptors (Lipinski definition) is 4. The number of amides is 2. The van der Waals surface area contributed by atoms with E-state index >= 15 is 0 Å². The number of aromatic nitrogens is 2. The zero-order valence-electron chi connectivity index (χ0n) is 17.0. The van der Waals surface area contributed by atoms with Crippen LogP contribution in [0.2, 0.25) is 0 Å². The minimum absolute atomic E-state index is 0.168. The van der Waals surface area contributed by atoms with Crippen molar-refractivity contribution in [2.45, 2.75) is 45.1 Å². The highest BCUT2D eigenvalue weighted by Crippen LogP contribution is 2.23. The molecule has 1 aromatic carbocycles. The summed E-state index contributed by atoms with van der Waals surface area (Å²) in [6.45, 7) is 2.90. The van der Waals surface area contributed by atoms with Gasteiger partial charge in [-0.25, -0.2) is 4.68 Å². The predicted molar refractivity (Wildman–Crippen MR) is 109 cm³/mol. The molecule has 2 aliphatic heterocycles. The van der Waals surface area contributed by atoms with E-state index < -0.39 is 0 Å². The number of methoxy groups -OCH3 is 1. The summed E-state index contributed by atoms with van der Waals surface area (Å²) in [5, 5.41) is 4.58. The molecule has 1 aromatic heterocycles. The summed E-state index contributed by atoms with van der Waals surface area (Å²) >= 11 is 0. The molecule has 3 heterocycles. The van der Waals surface area contributed by atoms with Crippen LogP contribution in [0.3, 0.4) is 0 Å². The highest BCUT2D eigenvalue weighted by molar-refractivity contribution is 5.78. The van der Waals surface area contributed by atoms with E-state index in [1.807, 2.05) is 44.9 Å². The van der Waals surface area contributed by atoms with Crippen LogP contribution in [-0.4, -0.2) is 58.1 Å². The Morgan fingerprint density at radius 1 is 1.14 bits per heavy atom. The molecule has 7 nitrogen and oxygen atoms in total. The summed E-state index contributed by atoms with van der Waals surface area (Å²) in [6.07, 6.45) is 6.53. The Bertz CT molecular complexity index is 875. The van der Waals surface area contributed by atoms with Crippen LogP contribution < -0.4 is 4.74 Å². The predicted octanol–water partition coefficient (Wildman–Crippen LogP) is 2.56. The summed E-state index contributed by atoms with van der Waals surface area (Å²) in [7, 11) is 1.66. The maximum atomic E-state index is 12.7. The van der Waals surface area contributed by atoms with E-state index in [1.54, 1.807) is 7.11 Å². The largest absolute Gasteiger partial charge is 0.497 e. The maximum absolute atomic E-state index is 12.7. The van der Waals surface area contributed by atoms with Gasteiger partial charge in [0.25, 0.3) is 0 Å². The molecule has 1 fully saturated rings. The van der Waals surface area contributed by atoms with Crippen LogP contribution >= 0.6 is 0 Å². The van der Waals surface area contributed by atoms with Gasteiger partial charge in [0.15, 0.2) is 0 Å². The molecule has 0 radical (unpaired) electrons. The topological polar surface area (TPSA) is 67.7 Å². The van der Waals surface area contributed by atoms with E-state index in [0.717, 1.165) is 55.8 Å². The highest BCUT2D eigenvalue weighted by Gasteiger charge is 2.24. The first-order valence-electron chi connectivity index (χ1n) is 10.4. The third-order valence-corrected chi connectivity index (χ3v) is 5.82. The van der Waals surface area contributed by atoms with E-state index in [4.69, 9.17) is 4.74 Å². The molecule has 0 unspecified atom stereocenters. The first-order valence-corrected chi connectivity index (χ1v) is 10.4. The second-order valence-electron chi connectivity index (χ2n) is 7.73. The molecule has 0 saturated carbocycles. The molecule has 2 amide bonds. The summed E-state index contributed by atoms with van der Waals surface area (Å²) in [4.78, 5) is 28.3. The number of likely N-dealkylation sites (tertiary alicyclic amines) is 1. The van der Waals surface area contributed by atoms with Gasteiger partial charge in [-0.3, -0.25) is 9.59 Å². The van der Waals surface area contributed by atoms with Gasteiger partial charge < -0.3 is 14.5 Å². The Balaban J connectivity index is 1.38. The molecular formula is C22H28N4O3. The number of hydrogen-bond donors (Lipinski definition) is 0. The van der Waals surface area contributed by atoms with E-state index in [9.17, 15) is 9.59 Å². The Morgan fingerprint density at radius 2 is 1.93 bits per heavy atom. The van der Waals surface area contributed by atoms with Crippen LogP contribution in [-0.2, 0) is 22.6 Å². The van der Waals surface area contributed by atoms with E-state index in [2.05, 4.69) is 5.10 Å². The quantitative estimate of drug-likeness (QED) is 0.753. The standard InChI is InChI=1S/C22H28N4O3/c1-29-19-10-8-18(9-11-19)26-20-5-2-14-25(16-17(20)15-23-26)22(28)7-4-13-24-12-3-6-21(24)27/h8-11,15H,2-7,12-14,16H2,1H3. The van der Waals surface area contributed by atoms with Crippen LogP contribution in [0.15, 0.2) is 30.5 Å². The van der Waals surface area contributed by atoms with Gasteiger partial charge in [-0.1, -0.05) is 0 Å². The number of carbonyl (C=O) groups is 2. The van der Waals surface area contributed by atoms with Gasteiger partial charge in [0.1, 0.15) is 5.75 Å². The summed E-state index contributed by atoms with van der Waals surface area (Å²) in [5.41, 5.74) is 3.29. The van der Waals surface area contributed by atoms with Crippen molar-refractivity contribution in [3.05, 3.63) is 41.7 Å². The summed E-state index contributed by atoms with van der Waals surface area (Å²) in [6, 6.07) is 7.86. The number of ether oxygens (including phenoxy) is 1. The monoisotopic (exact) mass is 396 g/mol. The van der Waals surface area contributed by atoms with Crippen molar-refractivity contribution in [1.29, 1.82) is 0 Å². The van der Waals surface area contributed by atoms with Gasteiger partial charge in [0, 0.05) is 50.3 Å². The lowest BCUT2D eigenvalue weighted by Gasteiger charge is -2.21. The molecule has 154 valence electrons. The zero-order valence-corrected chi connectivity index (χ0v) is 17.0. The highest BCUT2D eigenvalue weighted by atomic mass is 16.5. The average molecular weight is 396 g/mol. The minimum Gasteiger partial charge on any atom is -0.497 e. The van der Waals surface area contributed by atoms with Gasteiger partial charge in [0.2, 0.25) is 11.8 Å². The number of rotatable bonds is 6. The average Bonchev–Trinajstić information content (AvgIpc) is 3.27. The summed E-state index contributed by atoms with van der Waals surface area (Å²) < 4.78 is 7.21. The Labute approximate surface area is 171 Å². The van der Waals surface area contributed by atoms with Gasteiger partial charge in [0.05, 0.1) is 19.0 Å². The van der Waals surface area contributed by atoms with E-state index in [-0.39, 0.29) is 11.8 Å². The Morgan fingerprint density at radius 3 is 2.66 bits per heavy atom. The van der Waals surface area contributed by atoms with Gasteiger partial charge in [-0.15, -0.1) is 0 Å². The minimum atomic E-state index is 0.168. The molecule has 2 aliphatic rings. The van der Waals surface area contributed by atoms with Gasteiger partial charge in [-0.05, 0) is 49.9 Å². The van der Waals surface area contributed by atoms with Gasteiger partial charge >= 0.3 is 0 Å². The van der Waals surface area contributed by atoms with E-state index in [1.165, 1.54) is 5.69 Å². The van der Waals surface area contributed by atoms with Crippen molar-refractivity contribution in [2.24, 2.45) is 0 Å². The fourth-order valence-corrected chi connectivity index (χ4v) is 4.21. The number of fused-ring (bicyclic) bond motifs is 1. The molecule has 0 N–H and O–H groups in total. The molecule has 0 bridgehead atoms. The van der Waals surface area contributed by atoms with Crippen molar-refractivity contribution in [3.8, 4) is 11.4 Å². The van der Waals surface area contributed by atoms with Crippen LogP contribution in [0.5, 0.6) is 5.75 Å². The van der Waals surface area contributed by atoms with Crippen LogP contribution in [0.25, 0.3) is 5.69 Å². The molecular weight excluding hydrogens is 368 g/mol. The second-order valence-corrected chi connectivity index (χ2v) is 7.73. The number of carbonyl (C=O) groups excluding carboxylic acids is 2. The number of nitrogens with zero attached hydrogens (tertiary/aromatic N) is 4. The van der Waals surface area contributed by atoms with Crippen LogP contribution in [0.1, 0.15) is 43.4 Å².